The Morgan fingerprint density at radius 2 is 2.14 bits per heavy atom. The number of nitrogens with zero attached hydrogens (tertiary/aromatic N) is 1. The largest absolute Gasteiger partial charge is 0.479 e. The second-order valence-corrected chi connectivity index (χ2v) is 3.37. The SMILES string of the molecule is O=C(O)CON=Cc1ccc(Br)cc1. The lowest BCUT2D eigenvalue weighted by atomic mass is 10.2. The number of aliphatic carboxylic acids is 1. The van der Waals surface area contributed by atoms with Gasteiger partial charge in [0.2, 0.25) is 6.61 Å². The maximum Gasteiger partial charge on any atom is 0.344 e. The van der Waals surface area contributed by atoms with Crippen LogP contribution in [0.3, 0.4) is 0 Å². The van der Waals surface area contributed by atoms with Crippen molar-refractivity contribution in [2.75, 3.05) is 6.61 Å². The van der Waals surface area contributed by atoms with Gasteiger partial charge in [0.15, 0.2) is 0 Å². The highest BCUT2D eigenvalue weighted by Crippen LogP contribution is 2.08. The molecule has 1 aromatic rings. The van der Waals surface area contributed by atoms with Crippen LogP contribution in [0.15, 0.2) is 33.9 Å². The molecule has 0 bridgehead atoms. The summed E-state index contributed by atoms with van der Waals surface area (Å²) in [7, 11) is 0. The smallest absolute Gasteiger partial charge is 0.344 e. The van der Waals surface area contributed by atoms with Gasteiger partial charge in [-0.2, -0.15) is 0 Å². The van der Waals surface area contributed by atoms with Crippen molar-refractivity contribution in [3.63, 3.8) is 0 Å². The lowest BCUT2D eigenvalue weighted by Crippen LogP contribution is -2.03. The lowest BCUT2D eigenvalue weighted by Gasteiger charge is -1.94. The molecule has 14 heavy (non-hydrogen) atoms. The molecule has 0 aliphatic rings. The summed E-state index contributed by atoms with van der Waals surface area (Å²) in [6.45, 7) is -0.424. The van der Waals surface area contributed by atoms with E-state index < -0.39 is 12.6 Å². The molecule has 5 heteroatoms. The van der Waals surface area contributed by atoms with E-state index in [4.69, 9.17) is 5.11 Å². The molecule has 0 atom stereocenters. The molecule has 1 aromatic carbocycles. The lowest BCUT2D eigenvalue weighted by molar-refractivity contribution is -0.142. The molecule has 1 N–H and O–H groups in total. The number of carbonyl (C=O) groups is 1. The number of rotatable bonds is 4. The summed E-state index contributed by atoms with van der Waals surface area (Å²) in [5.74, 6) is -1.04. The van der Waals surface area contributed by atoms with Crippen molar-refractivity contribution >= 4 is 28.1 Å². The highest BCUT2D eigenvalue weighted by atomic mass is 79.9. The predicted octanol–water partition coefficient (Wildman–Crippen LogP) is 1.88. The Kier molecular flexibility index (Phi) is 4.12. The minimum atomic E-state index is -1.04. The summed E-state index contributed by atoms with van der Waals surface area (Å²) >= 11 is 3.29. The average molecular weight is 258 g/mol. The highest BCUT2D eigenvalue weighted by Gasteiger charge is 1.93. The molecule has 0 amide bonds. The van der Waals surface area contributed by atoms with Gasteiger partial charge in [0.05, 0.1) is 6.21 Å². The van der Waals surface area contributed by atoms with E-state index in [2.05, 4.69) is 25.9 Å². The van der Waals surface area contributed by atoms with Crippen LogP contribution in [0, 0.1) is 0 Å². The Labute approximate surface area is 89.3 Å². The zero-order chi connectivity index (χ0) is 10.4. The fourth-order valence-corrected chi connectivity index (χ4v) is 1.00. The fraction of sp³-hybridized carbons (Fsp3) is 0.111. The standard InChI is InChI=1S/C9H8BrNO3/c10-8-3-1-7(2-4-8)5-11-14-6-9(12)13/h1-5H,6H2,(H,12,13). The molecular formula is C9H8BrNO3. The van der Waals surface area contributed by atoms with E-state index >= 15 is 0 Å². The van der Waals surface area contributed by atoms with Crippen molar-refractivity contribution in [2.24, 2.45) is 5.16 Å². The molecule has 4 nitrogen and oxygen atoms in total. The first kappa shape index (κ1) is 10.7. The van der Waals surface area contributed by atoms with Crippen LogP contribution in [0.1, 0.15) is 5.56 Å². The monoisotopic (exact) mass is 257 g/mol. The first-order chi connectivity index (χ1) is 6.68. The molecule has 0 radical (unpaired) electrons. The van der Waals surface area contributed by atoms with E-state index in [1.807, 2.05) is 24.3 Å². The predicted molar refractivity (Wildman–Crippen MR) is 55.3 cm³/mol. The maximum absolute atomic E-state index is 10.1. The van der Waals surface area contributed by atoms with Crippen molar-refractivity contribution in [1.29, 1.82) is 0 Å². The Morgan fingerprint density at radius 1 is 1.50 bits per heavy atom. The van der Waals surface area contributed by atoms with Gasteiger partial charge in [-0.25, -0.2) is 4.79 Å². The van der Waals surface area contributed by atoms with Gasteiger partial charge in [0.25, 0.3) is 0 Å². The summed E-state index contributed by atoms with van der Waals surface area (Å²) < 4.78 is 0.973. The molecule has 0 aliphatic carbocycles. The van der Waals surface area contributed by atoms with Gasteiger partial charge in [-0.15, -0.1) is 0 Å². The number of oxime groups is 1. The van der Waals surface area contributed by atoms with Gasteiger partial charge >= 0.3 is 5.97 Å². The van der Waals surface area contributed by atoms with Crippen LogP contribution < -0.4 is 0 Å². The van der Waals surface area contributed by atoms with Gasteiger partial charge in [-0.3, -0.25) is 0 Å². The minimum Gasteiger partial charge on any atom is -0.479 e. The van der Waals surface area contributed by atoms with Gasteiger partial charge in [-0.05, 0) is 17.7 Å². The molecule has 0 fully saturated rings. The molecule has 1 rings (SSSR count). The van der Waals surface area contributed by atoms with Crippen LogP contribution in [-0.4, -0.2) is 23.9 Å². The number of benzene rings is 1. The van der Waals surface area contributed by atoms with Crippen molar-refractivity contribution in [1.82, 2.24) is 0 Å². The average Bonchev–Trinajstić information content (AvgIpc) is 2.15. The third-order valence-corrected chi connectivity index (χ3v) is 1.86. The van der Waals surface area contributed by atoms with Crippen molar-refractivity contribution in [3.05, 3.63) is 34.3 Å². The van der Waals surface area contributed by atoms with Gasteiger partial charge < -0.3 is 9.94 Å². The fourth-order valence-electron chi connectivity index (χ4n) is 0.739. The maximum atomic E-state index is 10.1. The number of hydrogen-bond donors (Lipinski definition) is 1. The van der Waals surface area contributed by atoms with Gasteiger partial charge in [-0.1, -0.05) is 33.2 Å². The minimum absolute atomic E-state index is 0.424. The third kappa shape index (κ3) is 4.04. The van der Waals surface area contributed by atoms with E-state index in [0.29, 0.717) is 0 Å². The molecule has 0 aromatic heterocycles. The normalized spacial score (nSPS) is 10.4. The van der Waals surface area contributed by atoms with Crippen molar-refractivity contribution in [2.45, 2.75) is 0 Å². The van der Waals surface area contributed by atoms with Crippen LogP contribution in [0.2, 0.25) is 0 Å². The third-order valence-electron chi connectivity index (χ3n) is 1.33. The highest BCUT2D eigenvalue weighted by molar-refractivity contribution is 9.10. The second-order valence-electron chi connectivity index (χ2n) is 2.45. The topological polar surface area (TPSA) is 58.9 Å². The molecule has 0 aliphatic heterocycles. The summed E-state index contributed by atoms with van der Waals surface area (Å²) in [6, 6.07) is 7.38. The van der Waals surface area contributed by atoms with E-state index in [-0.39, 0.29) is 0 Å². The van der Waals surface area contributed by atoms with Crippen molar-refractivity contribution < 1.29 is 14.7 Å². The molecule has 0 heterocycles. The summed E-state index contributed by atoms with van der Waals surface area (Å²) in [5.41, 5.74) is 0.846. The molecule has 0 spiro atoms. The number of halogens is 1. The van der Waals surface area contributed by atoms with Crippen LogP contribution >= 0.6 is 15.9 Å². The van der Waals surface area contributed by atoms with Gasteiger partial charge in [0, 0.05) is 4.47 Å². The quantitative estimate of drug-likeness (QED) is 0.662. The second kappa shape index (κ2) is 5.39. The van der Waals surface area contributed by atoms with Crippen molar-refractivity contribution in [3.8, 4) is 0 Å². The summed E-state index contributed by atoms with van der Waals surface area (Å²) in [5, 5.41) is 11.7. The van der Waals surface area contributed by atoms with E-state index in [9.17, 15) is 4.79 Å². The number of carboxylic acid groups (broad SMARTS) is 1. The van der Waals surface area contributed by atoms with Crippen LogP contribution in [0.25, 0.3) is 0 Å². The Bertz CT molecular complexity index is 334. The van der Waals surface area contributed by atoms with E-state index in [1.165, 1.54) is 6.21 Å². The van der Waals surface area contributed by atoms with E-state index in [1.54, 1.807) is 0 Å². The first-order valence-corrected chi connectivity index (χ1v) is 4.60. The summed E-state index contributed by atoms with van der Waals surface area (Å²) in [6.07, 6.45) is 1.45. The molecule has 0 saturated carbocycles. The first-order valence-electron chi connectivity index (χ1n) is 3.81. The Balaban J connectivity index is 2.44. The van der Waals surface area contributed by atoms with Crippen LogP contribution in [-0.2, 0) is 9.63 Å². The molecule has 74 valence electrons. The van der Waals surface area contributed by atoms with Crippen LogP contribution in [0.5, 0.6) is 0 Å². The zero-order valence-electron chi connectivity index (χ0n) is 7.18. The Morgan fingerprint density at radius 3 is 2.71 bits per heavy atom. The number of hydrogen-bond acceptors (Lipinski definition) is 3. The molecule has 0 unspecified atom stereocenters. The van der Waals surface area contributed by atoms with Gasteiger partial charge in [0.1, 0.15) is 0 Å². The number of carboxylic acids is 1. The molecule has 0 saturated heterocycles. The van der Waals surface area contributed by atoms with E-state index in [0.717, 1.165) is 10.0 Å². The summed E-state index contributed by atoms with van der Waals surface area (Å²) in [4.78, 5) is 14.5. The Hall–Kier alpha value is -1.36. The molecular weight excluding hydrogens is 250 g/mol. The zero-order valence-corrected chi connectivity index (χ0v) is 8.77. The van der Waals surface area contributed by atoms with Crippen LogP contribution in [0.4, 0.5) is 0 Å².